The molecule has 0 aromatic heterocycles. The van der Waals surface area contributed by atoms with Crippen LogP contribution in [-0.2, 0) is 21.5 Å². The van der Waals surface area contributed by atoms with Crippen LogP contribution in [0.4, 0.5) is 5.69 Å². The third-order valence-corrected chi connectivity index (χ3v) is 10.4. The number of hydrogen-bond acceptors (Lipinski definition) is 8. The van der Waals surface area contributed by atoms with Crippen LogP contribution in [0.2, 0.25) is 0 Å². The van der Waals surface area contributed by atoms with Crippen molar-refractivity contribution >= 4 is 43.4 Å². The standard InChI is InChI=1S/C32H37BrN4O6S/c1-5-8-18-12-24-29(25(38)13-18)27(23(15-34)17(3)37-24)21-14-22(32(35)39)31(30(33)28(21)26(6-2)44(40,41)42)36-16-19-9-7-10-20(11-19)43-4/h7,9-11,14,18,26-27,36-37H,5-6,8,12-13,16H2,1-4H3,(H2,35,39)(H,40,41,42). The smallest absolute Gasteiger partial charge is 0.272 e. The maximum atomic E-state index is 13.8. The maximum Gasteiger partial charge on any atom is 0.272 e. The van der Waals surface area contributed by atoms with Crippen molar-refractivity contribution in [3.05, 3.63) is 79.6 Å². The number of carbonyl (C=O) groups excluding carboxylic acids is 2. The second-order valence-electron chi connectivity index (χ2n) is 11.2. The Morgan fingerprint density at radius 2 is 2.02 bits per heavy atom. The van der Waals surface area contributed by atoms with Gasteiger partial charge in [-0.05, 0) is 82.9 Å². The van der Waals surface area contributed by atoms with Crippen LogP contribution < -0.4 is 21.1 Å². The topological polar surface area (TPSA) is 172 Å². The Bertz CT molecular complexity index is 1710. The molecule has 1 heterocycles. The number of anilines is 1. The first-order chi connectivity index (χ1) is 20.9. The summed E-state index contributed by atoms with van der Waals surface area (Å²) in [7, 11) is -3.13. The second kappa shape index (κ2) is 13.5. The van der Waals surface area contributed by atoms with Crippen molar-refractivity contribution in [2.24, 2.45) is 11.7 Å². The lowest BCUT2D eigenvalue weighted by Crippen LogP contribution is -2.35. The monoisotopic (exact) mass is 684 g/mol. The summed E-state index contributed by atoms with van der Waals surface area (Å²) in [6, 6.07) is 10.9. The van der Waals surface area contributed by atoms with E-state index in [4.69, 9.17) is 10.5 Å². The summed E-state index contributed by atoms with van der Waals surface area (Å²) in [6.45, 7) is 5.63. The molecule has 0 radical (unpaired) electrons. The van der Waals surface area contributed by atoms with Gasteiger partial charge in [-0.2, -0.15) is 13.7 Å². The van der Waals surface area contributed by atoms with Crippen molar-refractivity contribution in [1.29, 1.82) is 5.26 Å². The molecule has 12 heteroatoms. The van der Waals surface area contributed by atoms with Gasteiger partial charge in [0, 0.05) is 34.4 Å². The van der Waals surface area contributed by atoms with E-state index in [-0.39, 0.29) is 63.5 Å². The number of ketones is 1. The van der Waals surface area contributed by atoms with Gasteiger partial charge in [0.2, 0.25) is 0 Å². The van der Waals surface area contributed by atoms with Crippen LogP contribution in [0.15, 0.2) is 57.3 Å². The number of amides is 1. The molecule has 0 saturated heterocycles. The Morgan fingerprint density at radius 1 is 1.30 bits per heavy atom. The first-order valence-electron chi connectivity index (χ1n) is 14.5. The van der Waals surface area contributed by atoms with Gasteiger partial charge in [0.15, 0.2) is 5.78 Å². The molecule has 2 aliphatic rings. The van der Waals surface area contributed by atoms with Crippen molar-refractivity contribution in [3.63, 3.8) is 0 Å². The second-order valence-corrected chi connectivity index (χ2v) is 13.6. The number of primary amides is 1. The molecule has 1 aliphatic carbocycles. The molecule has 1 aliphatic heterocycles. The zero-order chi connectivity index (χ0) is 32.3. The number of nitrogens with two attached hydrogens (primary N) is 1. The van der Waals surface area contributed by atoms with Crippen LogP contribution >= 0.6 is 15.9 Å². The summed E-state index contributed by atoms with van der Waals surface area (Å²) in [5, 5.41) is 15.4. The van der Waals surface area contributed by atoms with Crippen LogP contribution in [0.3, 0.4) is 0 Å². The summed E-state index contributed by atoms with van der Waals surface area (Å²) >= 11 is 3.56. The number of dihydropyridines is 1. The number of rotatable bonds is 11. The van der Waals surface area contributed by atoms with Crippen molar-refractivity contribution in [1.82, 2.24) is 5.32 Å². The van der Waals surface area contributed by atoms with Gasteiger partial charge < -0.3 is 21.1 Å². The molecule has 4 rings (SSSR count). The molecule has 2 aromatic carbocycles. The van der Waals surface area contributed by atoms with Gasteiger partial charge in [-0.15, -0.1) is 0 Å². The SMILES string of the molecule is CCCC1CC(=O)C2=C(C1)NC(C)=C(C#N)C2c1cc(C(N)=O)c(NCc2cccc(OC)c2)c(Br)c1C(CC)S(=O)(=O)O. The lowest BCUT2D eigenvalue weighted by Gasteiger charge is -2.37. The van der Waals surface area contributed by atoms with Gasteiger partial charge >= 0.3 is 0 Å². The molecule has 1 amide bonds. The quantitative estimate of drug-likeness (QED) is 0.206. The highest BCUT2D eigenvalue weighted by molar-refractivity contribution is 9.10. The molecule has 5 N–H and O–H groups in total. The largest absolute Gasteiger partial charge is 0.497 e. The predicted molar refractivity (Wildman–Crippen MR) is 171 cm³/mol. The lowest BCUT2D eigenvalue weighted by molar-refractivity contribution is -0.117. The van der Waals surface area contributed by atoms with Crippen molar-refractivity contribution in [2.45, 2.75) is 70.6 Å². The van der Waals surface area contributed by atoms with Gasteiger partial charge in [-0.25, -0.2) is 0 Å². The van der Waals surface area contributed by atoms with Gasteiger partial charge in [-0.1, -0.05) is 32.4 Å². The normalized spacial score (nSPS) is 19.2. The highest BCUT2D eigenvalue weighted by Crippen LogP contribution is 2.50. The summed E-state index contributed by atoms with van der Waals surface area (Å²) in [4.78, 5) is 26.7. The minimum absolute atomic E-state index is 0.0242. The number of ether oxygens (including phenoxy) is 1. The Balaban J connectivity index is 2.01. The van der Waals surface area contributed by atoms with E-state index in [0.717, 1.165) is 18.4 Å². The Morgan fingerprint density at radius 3 is 2.61 bits per heavy atom. The summed E-state index contributed by atoms with van der Waals surface area (Å²) in [6.07, 6.45) is 2.63. The molecule has 3 unspecified atom stereocenters. The fraction of sp³-hybridized carbons (Fsp3) is 0.406. The molecule has 0 spiro atoms. The van der Waals surface area contributed by atoms with E-state index < -0.39 is 27.2 Å². The van der Waals surface area contributed by atoms with Crippen LogP contribution in [-0.4, -0.2) is 31.8 Å². The van der Waals surface area contributed by atoms with E-state index >= 15 is 0 Å². The molecule has 10 nitrogen and oxygen atoms in total. The van der Waals surface area contributed by atoms with E-state index in [9.17, 15) is 27.8 Å². The van der Waals surface area contributed by atoms with E-state index in [1.165, 1.54) is 6.07 Å². The molecule has 0 bridgehead atoms. The van der Waals surface area contributed by atoms with Gasteiger partial charge in [0.25, 0.3) is 16.0 Å². The van der Waals surface area contributed by atoms with Crippen LogP contribution in [0.5, 0.6) is 5.75 Å². The van der Waals surface area contributed by atoms with Gasteiger partial charge in [-0.3, -0.25) is 14.1 Å². The highest BCUT2D eigenvalue weighted by atomic mass is 79.9. The number of halogens is 1. The Kier molecular flexibility index (Phi) is 10.2. The summed E-state index contributed by atoms with van der Waals surface area (Å²) in [5.41, 5.74) is 9.15. The molecule has 44 heavy (non-hydrogen) atoms. The third kappa shape index (κ3) is 6.55. The van der Waals surface area contributed by atoms with Crippen LogP contribution in [0, 0.1) is 17.2 Å². The first-order valence-corrected chi connectivity index (χ1v) is 16.8. The summed E-state index contributed by atoms with van der Waals surface area (Å²) in [5.74, 6) is -1.16. The number of nitrogens with zero attached hydrogens (tertiary/aromatic N) is 1. The van der Waals surface area contributed by atoms with Crippen molar-refractivity contribution in [3.8, 4) is 11.8 Å². The first kappa shape index (κ1) is 33.2. The average molecular weight is 686 g/mol. The molecule has 0 saturated carbocycles. The number of hydrogen-bond donors (Lipinski definition) is 4. The van der Waals surface area contributed by atoms with Crippen molar-refractivity contribution in [2.75, 3.05) is 12.4 Å². The number of nitriles is 1. The molecule has 0 fully saturated rings. The average Bonchev–Trinajstić information content (AvgIpc) is 2.96. The van der Waals surface area contributed by atoms with Crippen LogP contribution in [0.1, 0.15) is 91.1 Å². The number of benzene rings is 2. The van der Waals surface area contributed by atoms with Crippen LogP contribution in [0.25, 0.3) is 0 Å². The molecule has 234 valence electrons. The van der Waals surface area contributed by atoms with Gasteiger partial charge in [0.05, 0.1) is 35.9 Å². The zero-order valence-corrected chi connectivity index (χ0v) is 27.6. The maximum absolute atomic E-state index is 13.8. The minimum atomic E-state index is -4.68. The molecular formula is C32H37BrN4O6S. The van der Waals surface area contributed by atoms with E-state index in [2.05, 4.69) is 39.6 Å². The minimum Gasteiger partial charge on any atom is -0.497 e. The van der Waals surface area contributed by atoms with Crippen molar-refractivity contribution < 1.29 is 27.3 Å². The van der Waals surface area contributed by atoms with E-state index in [1.54, 1.807) is 27.0 Å². The van der Waals surface area contributed by atoms with E-state index in [0.29, 0.717) is 29.1 Å². The highest BCUT2D eigenvalue weighted by Gasteiger charge is 2.42. The number of Topliss-reactive ketones (excluding diaryl/α,β-unsaturated/α-hetero) is 1. The fourth-order valence-corrected chi connectivity index (χ4v) is 8.33. The van der Waals surface area contributed by atoms with Gasteiger partial charge in [0.1, 0.15) is 11.0 Å². The lowest BCUT2D eigenvalue weighted by atomic mass is 9.71. The molecular weight excluding hydrogens is 648 g/mol. The van der Waals surface area contributed by atoms with E-state index in [1.807, 2.05) is 18.2 Å². The zero-order valence-electron chi connectivity index (χ0n) is 25.2. The number of allylic oxidation sites excluding steroid dienone is 4. The third-order valence-electron chi connectivity index (χ3n) is 8.30. The Labute approximate surface area is 266 Å². The summed E-state index contributed by atoms with van der Waals surface area (Å²) < 4.78 is 41.6. The number of nitrogens with one attached hydrogen (secondary N) is 2. The fourth-order valence-electron chi connectivity index (χ4n) is 6.35. The molecule has 2 aromatic rings. The number of methoxy groups -OCH3 is 1. The predicted octanol–water partition coefficient (Wildman–Crippen LogP) is 6.03. The molecule has 3 atom stereocenters. The number of carbonyl (C=O) groups is 2. The Hall–Kier alpha value is -3.66.